The van der Waals surface area contributed by atoms with Gasteiger partial charge in [0, 0.05) is 40.3 Å². The Balaban J connectivity index is 1.36. The minimum atomic E-state index is -1.79. The molecule has 8 N–H and O–H groups in total. The van der Waals surface area contributed by atoms with E-state index in [2.05, 4.69) is 15.3 Å². The second-order valence-electron chi connectivity index (χ2n) is 13.4. The number of fused-ring (bicyclic) bond motifs is 6. The second-order valence-corrected chi connectivity index (χ2v) is 13.4. The van der Waals surface area contributed by atoms with Gasteiger partial charge in [-0.15, -0.1) is 0 Å². The second kappa shape index (κ2) is 14.2. The number of carbonyl (C=O) groups is 3. The summed E-state index contributed by atoms with van der Waals surface area (Å²) in [6.07, 6.45) is -7.62. The first-order valence-electron chi connectivity index (χ1n) is 17.3. The van der Waals surface area contributed by atoms with Crippen LogP contribution in [0.3, 0.4) is 0 Å². The quantitative estimate of drug-likeness (QED) is 0.112. The summed E-state index contributed by atoms with van der Waals surface area (Å²) in [5.74, 6) is -2.90. The molecule has 4 aliphatic heterocycles. The molecule has 1 amide bonds. The van der Waals surface area contributed by atoms with Crippen molar-refractivity contribution in [2.45, 2.75) is 49.7 Å². The Morgan fingerprint density at radius 3 is 2.56 bits per heavy atom. The number of ketones is 2. The maximum Gasteiger partial charge on any atom is 0.284 e. The maximum atomic E-state index is 14.4. The average molecular weight is 743 g/mol. The van der Waals surface area contributed by atoms with Gasteiger partial charge in [-0.25, -0.2) is 9.89 Å². The highest BCUT2D eigenvalue weighted by atomic mass is 16.7. The van der Waals surface area contributed by atoms with E-state index in [1.54, 1.807) is 18.2 Å². The summed E-state index contributed by atoms with van der Waals surface area (Å²) in [5, 5.41) is 62.9. The summed E-state index contributed by atoms with van der Waals surface area (Å²) in [6, 6.07) is 13.2. The van der Waals surface area contributed by atoms with Crippen molar-refractivity contribution in [2.75, 3.05) is 33.1 Å². The van der Waals surface area contributed by atoms with Crippen LogP contribution in [0.4, 0.5) is 5.69 Å². The largest absolute Gasteiger partial charge is 0.486 e. The Labute approximate surface area is 306 Å². The van der Waals surface area contributed by atoms with Gasteiger partial charge in [-0.1, -0.05) is 24.3 Å². The number of hydrogen-bond donors (Lipinski definition) is 8. The molecule has 8 rings (SSSR count). The number of nitrogens with one attached hydrogen (secondary N) is 3. The first-order chi connectivity index (χ1) is 26.1. The number of amides is 1. The van der Waals surface area contributed by atoms with Crippen LogP contribution in [0.1, 0.15) is 60.9 Å². The Morgan fingerprint density at radius 2 is 1.76 bits per heavy atom. The number of amidine groups is 1. The van der Waals surface area contributed by atoms with Crippen molar-refractivity contribution >= 4 is 40.7 Å². The molecule has 3 aromatic carbocycles. The molecule has 7 unspecified atom stereocenters. The predicted molar refractivity (Wildman–Crippen MR) is 186 cm³/mol. The minimum Gasteiger partial charge on any atom is -0.486 e. The SMILES string of the molecule is N=C1N=C2C(=NC[NH+]2c2ccccc2C2CCOCC3OC(Oc4c2cc2c(c4OCCO)C(=O)c4cc(CO)ccc4C2=O)C(O)C(O)C3O)C(=O)N1. The number of aliphatic hydroxyl groups excluding tert-OH is 5. The normalized spacial score (nSPS) is 27.6. The first-order valence-corrected chi connectivity index (χ1v) is 17.3. The van der Waals surface area contributed by atoms with Gasteiger partial charge in [0.05, 0.1) is 25.4 Å². The third-order valence-electron chi connectivity index (χ3n) is 10.2. The van der Waals surface area contributed by atoms with Crippen LogP contribution >= 0.6 is 0 Å². The summed E-state index contributed by atoms with van der Waals surface area (Å²) < 4.78 is 24.5. The number of aliphatic hydroxyl groups is 5. The van der Waals surface area contributed by atoms with Gasteiger partial charge in [0.25, 0.3) is 11.7 Å². The Kier molecular flexibility index (Phi) is 9.41. The Bertz CT molecular complexity index is 2150. The van der Waals surface area contributed by atoms with E-state index < -0.39 is 60.7 Å². The summed E-state index contributed by atoms with van der Waals surface area (Å²) in [5.41, 5.74) is 1.93. The summed E-state index contributed by atoms with van der Waals surface area (Å²) in [7, 11) is 0. The lowest BCUT2D eigenvalue weighted by Gasteiger charge is -2.40. The van der Waals surface area contributed by atoms with Crippen molar-refractivity contribution in [1.82, 2.24) is 5.32 Å². The van der Waals surface area contributed by atoms with E-state index in [4.69, 9.17) is 24.4 Å². The zero-order valence-electron chi connectivity index (χ0n) is 28.5. The van der Waals surface area contributed by atoms with Gasteiger partial charge in [-0.3, -0.25) is 25.1 Å². The van der Waals surface area contributed by atoms with Crippen molar-refractivity contribution in [2.24, 2.45) is 9.98 Å². The van der Waals surface area contributed by atoms with Crippen molar-refractivity contribution in [3.8, 4) is 11.5 Å². The molecule has 4 heterocycles. The van der Waals surface area contributed by atoms with Gasteiger partial charge < -0.3 is 44.5 Å². The fourth-order valence-corrected chi connectivity index (χ4v) is 7.58. The van der Waals surface area contributed by atoms with Crippen LogP contribution in [-0.4, -0.2) is 124 Å². The third-order valence-corrected chi connectivity index (χ3v) is 10.2. The topological polar surface area (TPSA) is 254 Å². The number of benzene rings is 3. The molecule has 5 aliphatic rings. The van der Waals surface area contributed by atoms with Crippen LogP contribution in [0.5, 0.6) is 11.5 Å². The number of rotatable bonds is 6. The lowest BCUT2D eigenvalue weighted by atomic mass is 9.78. The standard InChI is InChI=1S/C37H35N5O12/c38-37-40-34-26(35(50)41-37)39-15-42(34)23-4-2-1-3-18(23)17-7-9-51-14-24-29(47)30(48)31(49)36(53-24)54-32-21(17)12-22-25(33(32)52-10-8-43)28(46)20-11-16(13-44)5-6-19(20)27(22)45/h1-6,11-12,17,24,29-31,36,43-44,47-49H,7-10,13-15H2,(H2,38,41,50)/p+1. The molecule has 1 fully saturated rings. The van der Waals surface area contributed by atoms with Crippen molar-refractivity contribution in [1.29, 1.82) is 5.41 Å². The fraction of sp³-hybridized carbons (Fsp3) is 0.351. The van der Waals surface area contributed by atoms with Crippen LogP contribution in [0.2, 0.25) is 0 Å². The first kappa shape index (κ1) is 35.8. The number of carbonyl (C=O) groups excluding carboxylic acids is 3. The van der Waals surface area contributed by atoms with E-state index in [0.29, 0.717) is 27.3 Å². The zero-order valence-corrected chi connectivity index (χ0v) is 28.5. The highest BCUT2D eigenvalue weighted by molar-refractivity contribution is 6.68. The third kappa shape index (κ3) is 5.91. The van der Waals surface area contributed by atoms with E-state index in [-0.39, 0.29) is 90.8 Å². The van der Waals surface area contributed by atoms with E-state index in [0.717, 1.165) is 0 Å². The summed E-state index contributed by atoms with van der Waals surface area (Å²) in [4.78, 5) is 50.7. The van der Waals surface area contributed by atoms with E-state index >= 15 is 0 Å². The monoisotopic (exact) mass is 742 g/mol. The molecule has 280 valence electrons. The van der Waals surface area contributed by atoms with Crippen LogP contribution in [0.15, 0.2) is 58.5 Å². The molecule has 1 aliphatic carbocycles. The van der Waals surface area contributed by atoms with E-state index in [9.17, 15) is 39.9 Å². The zero-order chi connectivity index (χ0) is 37.8. The van der Waals surface area contributed by atoms with Crippen LogP contribution in [0.25, 0.3) is 0 Å². The van der Waals surface area contributed by atoms with E-state index in [1.807, 2.05) is 12.1 Å². The highest BCUT2D eigenvalue weighted by Gasteiger charge is 2.48. The number of quaternary nitrogens is 1. The molecule has 2 bridgehead atoms. The molecule has 17 heteroatoms. The van der Waals surface area contributed by atoms with Gasteiger partial charge in [0.15, 0.2) is 29.7 Å². The highest BCUT2D eigenvalue weighted by Crippen LogP contribution is 2.49. The van der Waals surface area contributed by atoms with Crippen LogP contribution in [0, 0.1) is 5.41 Å². The van der Waals surface area contributed by atoms with Gasteiger partial charge in [-0.2, -0.15) is 4.99 Å². The van der Waals surface area contributed by atoms with Crippen molar-refractivity contribution < 1.29 is 63.8 Å². The van der Waals surface area contributed by atoms with E-state index in [1.165, 1.54) is 18.2 Å². The van der Waals surface area contributed by atoms with Crippen molar-refractivity contribution in [3.63, 3.8) is 0 Å². The molecule has 54 heavy (non-hydrogen) atoms. The molecule has 17 nitrogen and oxygen atoms in total. The van der Waals surface area contributed by atoms with Crippen LogP contribution in [-0.2, 0) is 20.9 Å². The number of hydrogen-bond acceptors (Lipinski definition) is 14. The minimum absolute atomic E-state index is 0.0173. The van der Waals surface area contributed by atoms with Crippen LogP contribution < -0.4 is 19.7 Å². The molecule has 7 atom stereocenters. The molecular weight excluding hydrogens is 706 g/mol. The van der Waals surface area contributed by atoms with Gasteiger partial charge >= 0.3 is 0 Å². The lowest BCUT2D eigenvalue weighted by molar-refractivity contribution is -0.723. The summed E-state index contributed by atoms with van der Waals surface area (Å²) >= 11 is 0. The molecule has 0 spiro atoms. The average Bonchev–Trinajstić information content (AvgIpc) is 3.59. The Morgan fingerprint density at radius 1 is 0.944 bits per heavy atom. The Hall–Kier alpha value is -5.24. The maximum absolute atomic E-state index is 14.4. The molecule has 1 saturated heterocycles. The lowest BCUT2D eigenvalue weighted by Crippen LogP contribution is -3.09. The molecule has 0 aromatic heterocycles. The van der Waals surface area contributed by atoms with Crippen molar-refractivity contribution in [3.05, 3.63) is 87.5 Å². The molecule has 0 saturated carbocycles. The fourth-order valence-electron chi connectivity index (χ4n) is 7.58. The smallest absolute Gasteiger partial charge is 0.284 e. The number of nitrogens with zero attached hydrogens (tertiary/aromatic N) is 2. The summed E-state index contributed by atoms with van der Waals surface area (Å²) in [6.45, 7) is -1.29. The molecule has 3 aromatic rings. The van der Waals surface area contributed by atoms with Gasteiger partial charge in [-0.05, 0) is 36.2 Å². The van der Waals surface area contributed by atoms with Gasteiger partial charge in [0.1, 0.15) is 36.7 Å². The van der Waals surface area contributed by atoms with Gasteiger partial charge in [0.2, 0.25) is 18.0 Å². The number of para-hydroxylation sites is 1. The molecular formula is C37H36N5O12+. The molecule has 0 radical (unpaired) electrons. The number of guanidine groups is 1. The number of ether oxygens (including phenoxy) is 4. The predicted octanol–water partition coefficient (Wildman–Crippen LogP) is -1.54. The number of aliphatic imine (C=N–C) groups is 2.